The van der Waals surface area contributed by atoms with Crippen molar-refractivity contribution in [3.05, 3.63) is 45.1 Å². The van der Waals surface area contributed by atoms with Gasteiger partial charge in [-0.15, -0.1) is 11.3 Å². The van der Waals surface area contributed by atoms with E-state index in [-0.39, 0.29) is 16.3 Å². The molecule has 3 nitrogen and oxygen atoms in total. The van der Waals surface area contributed by atoms with E-state index in [9.17, 15) is 8.42 Å². The molecule has 6 heteroatoms. The lowest BCUT2D eigenvalue weighted by molar-refractivity contribution is 0.596. The smallest absolute Gasteiger partial charge is 0.185 e. The van der Waals surface area contributed by atoms with Crippen LogP contribution in [0.1, 0.15) is 10.4 Å². The van der Waals surface area contributed by atoms with Gasteiger partial charge in [-0.05, 0) is 36.8 Å². The fraction of sp³-hybridized carbons (Fsp3) is 0.167. The van der Waals surface area contributed by atoms with E-state index in [0.717, 1.165) is 5.56 Å². The molecule has 0 atom stereocenters. The van der Waals surface area contributed by atoms with Gasteiger partial charge in [-0.1, -0.05) is 17.7 Å². The van der Waals surface area contributed by atoms with Crippen molar-refractivity contribution in [3.63, 3.8) is 0 Å². The monoisotopic (exact) mass is 301 g/mol. The zero-order chi connectivity index (χ0) is 13.3. The van der Waals surface area contributed by atoms with Gasteiger partial charge in [0.25, 0.3) is 0 Å². The first-order valence-electron chi connectivity index (χ1n) is 5.21. The lowest BCUT2D eigenvalue weighted by Crippen LogP contribution is -2.07. The molecule has 1 aromatic heterocycles. The van der Waals surface area contributed by atoms with E-state index in [2.05, 4.69) is 0 Å². The number of halogens is 1. The summed E-state index contributed by atoms with van der Waals surface area (Å²) >= 11 is 7.05. The van der Waals surface area contributed by atoms with Gasteiger partial charge in [0.05, 0.1) is 20.7 Å². The largest absolute Gasteiger partial charge is 0.398 e. The van der Waals surface area contributed by atoms with Gasteiger partial charge in [0.1, 0.15) is 0 Å². The van der Waals surface area contributed by atoms with E-state index in [4.69, 9.17) is 17.3 Å². The van der Waals surface area contributed by atoms with Crippen LogP contribution in [0.2, 0.25) is 4.34 Å². The Morgan fingerprint density at radius 3 is 2.56 bits per heavy atom. The third-order valence-electron chi connectivity index (χ3n) is 2.46. The zero-order valence-corrected chi connectivity index (χ0v) is 12.1. The molecule has 0 aliphatic heterocycles. The van der Waals surface area contributed by atoms with Gasteiger partial charge in [-0.3, -0.25) is 0 Å². The summed E-state index contributed by atoms with van der Waals surface area (Å²) in [6.45, 7) is 1.87. The molecule has 0 fully saturated rings. The van der Waals surface area contributed by atoms with Crippen LogP contribution in [-0.2, 0) is 15.6 Å². The lowest BCUT2D eigenvalue weighted by atomic mass is 10.2. The van der Waals surface area contributed by atoms with Crippen molar-refractivity contribution < 1.29 is 8.42 Å². The van der Waals surface area contributed by atoms with E-state index < -0.39 is 9.84 Å². The number of anilines is 1. The molecule has 0 aliphatic rings. The highest BCUT2D eigenvalue weighted by molar-refractivity contribution is 7.91. The highest BCUT2D eigenvalue weighted by atomic mass is 35.5. The van der Waals surface area contributed by atoms with Gasteiger partial charge < -0.3 is 5.73 Å². The van der Waals surface area contributed by atoms with E-state index in [1.807, 2.05) is 6.92 Å². The Bertz CT molecular complexity index is 677. The standard InChI is InChI=1S/C12H12ClNO2S2/c1-8-2-4-11(10(14)6-8)18(15,16)7-9-3-5-12(13)17-9/h2-6H,7,14H2,1H3. The van der Waals surface area contributed by atoms with Crippen molar-refractivity contribution in [2.45, 2.75) is 17.6 Å². The van der Waals surface area contributed by atoms with E-state index in [0.29, 0.717) is 9.21 Å². The van der Waals surface area contributed by atoms with Crippen LogP contribution in [0.3, 0.4) is 0 Å². The second-order valence-corrected chi connectivity index (χ2v) is 7.76. The number of hydrogen-bond donors (Lipinski definition) is 1. The molecular formula is C12H12ClNO2S2. The predicted octanol–water partition coefficient (Wildman–Crippen LogP) is 3.27. The summed E-state index contributed by atoms with van der Waals surface area (Å²) in [6, 6.07) is 8.36. The highest BCUT2D eigenvalue weighted by Crippen LogP contribution is 2.28. The maximum atomic E-state index is 12.2. The van der Waals surface area contributed by atoms with Gasteiger partial charge in [0.15, 0.2) is 9.84 Å². The summed E-state index contributed by atoms with van der Waals surface area (Å²) in [4.78, 5) is 0.887. The van der Waals surface area contributed by atoms with Crippen molar-refractivity contribution in [2.24, 2.45) is 0 Å². The van der Waals surface area contributed by atoms with E-state index in [1.54, 1.807) is 30.3 Å². The minimum absolute atomic E-state index is 0.0718. The van der Waals surface area contributed by atoms with Gasteiger partial charge in [0.2, 0.25) is 0 Å². The molecule has 1 heterocycles. The maximum Gasteiger partial charge on any atom is 0.185 e. The third kappa shape index (κ3) is 2.85. The molecule has 18 heavy (non-hydrogen) atoms. The molecule has 0 saturated carbocycles. The molecule has 2 rings (SSSR count). The van der Waals surface area contributed by atoms with Crippen LogP contribution in [-0.4, -0.2) is 8.42 Å². The maximum absolute atomic E-state index is 12.2. The third-order valence-corrected chi connectivity index (χ3v) is 5.61. The van der Waals surface area contributed by atoms with Crippen molar-refractivity contribution in [3.8, 4) is 0 Å². The first kappa shape index (κ1) is 13.4. The summed E-state index contributed by atoms with van der Waals surface area (Å²) in [5.41, 5.74) is 6.99. The molecule has 0 amide bonds. The fourth-order valence-electron chi connectivity index (χ4n) is 1.65. The predicted molar refractivity (Wildman–Crippen MR) is 75.8 cm³/mol. The SMILES string of the molecule is Cc1ccc(S(=O)(=O)Cc2ccc(Cl)s2)c(N)c1. The Morgan fingerprint density at radius 1 is 1.28 bits per heavy atom. The van der Waals surface area contributed by atoms with Gasteiger partial charge >= 0.3 is 0 Å². The number of hydrogen-bond acceptors (Lipinski definition) is 4. The first-order valence-corrected chi connectivity index (χ1v) is 8.06. The molecule has 0 radical (unpaired) electrons. The minimum atomic E-state index is -3.42. The molecular weight excluding hydrogens is 290 g/mol. The lowest BCUT2D eigenvalue weighted by Gasteiger charge is -2.07. The molecule has 0 spiro atoms. The van der Waals surface area contributed by atoms with Crippen LogP contribution in [0.25, 0.3) is 0 Å². The second-order valence-electron chi connectivity index (χ2n) is 4.01. The van der Waals surface area contributed by atoms with Crippen LogP contribution in [0.5, 0.6) is 0 Å². The highest BCUT2D eigenvalue weighted by Gasteiger charge is 2.19. The molecule has 2 N–H and O–H groups in total. The number of thiophene rings is 1. The number of aryl methyl sites for hydroxylation is 1. The molecule has 0 saturated heterocycles. The Morgan fingerprint density at radius 2 is 2.00 bits per heavy atom. The van der Waals surface area contributed by atoms with Crippen molar-refractivity contribution >= 4 is 38.5 Å². The Labute approximate surface area is 115 Å². The van der Waals surface area contributed by atoms with Gasteiger partial charge in [0, 0.05) is 4.88 Å². The van der Waals surface area contributed by atoms with Crippen molar-refractivity contribution in [1.29, 1.82) is 0 Å². The van der Waals surface area contributed by atoms with Gasteiger partial charge in [-0.25, -0.2) is 8.42 Å². The minimum Gasteiger partial charge on any atom is -0.398 e. The number of nitrogens with two attached hydrogens (primary N) is 1. The Hall–Kier alpha value is -1.04. The first-order chi connectivity index (χ1) is 8.38. The summed E-state index contributed by atoms with van der Waals surface area (Å²) < 4.78 is 25.0. The van der Waals surface area contributed by atoms with Crippen molar-refractivity contribution in [1.82, 2.24) is 0 Å². The van der Waals surface area contributed by atoms with Gasteiger partial charge in [-0.2, -0.15) is 0 Å². The number of benzene rings is 1. The summed E-state index contributed by atoms with van der Waals surface area (Å²) in [6.07, 6.45) is 0. The van der Waals surface area contributed by atoms with Crippen LogP contribution >= 0.6 is 22.9 Å². The van der Waals surface area contributed by atoms with Crippen LogP contribution in [0.4, 0.5) is 5.69 Å². The number of rotatable bonds is 3. The Kier molecular flexibility index (Phi) is 3.66. The molecule has 0 bridgehead atoms. The number of sulfone groups is 1. The average Bonchev–Trinajstić information content (AvgIpc) is 2.62. The zero-order valence-electron chi connectivity index (χ0n) is 9.68. The number of nitrogen functional groups attached to an aromatic ring is 1. The van der Waals surface area contributed by atoms with Crippen molar-refractivity contribution in [2.75, 3.05) is 5.73 Å². The summed E-state index contributed by atoms with van der Waals surface area (Å²) in [7, 11) is -3.42. The average molecular weight is 302 g/mol. The Balaban J connectivity index is 2.36. The quantitative estimate of drug-likeness (QED) is 0.885. The molecule has 1 aromatic carbocycles. The fourth-order valence-corrected chi connectivity index (χ4v) is 4.55. The normalized spacial score (nSPS) is 11.7. The van der Waals surface area contributed by atoms with Crippen LogP contribution < -0.4 is 5.73 Å². The van der Waals surface area contributed by atoms with E-state index in [1.165, 1.54) is 11.3 Å². The molecule has 96 valence electrons. The molecule has 0 aliphatic carbocycles. The van der Waals surface area contributed by atoms with Crippen LogP contribution in [0, 0.1) is 6.92 Å². The van der Waals surface area contributed by atoms with E-state index >= 15 is 0 Å². The second kappa shape index (κ2) is 4.91. The topological polar surface area (TPSA) is 60.2 Å². The molecule has 2 aromatic rings. The summed E-state index contributed by atoms with van der Waals surface area (Å²) in [5, 5.41) is 0. The summed E-state index contributed by atoms with van der Waals surface area (Å²) in [5.74, 6) is -0.0718. The molecule has 0 unspecified atom stereocenters. The van der Waals surface area contributed by atoms with Crippen LogP contribution in [0.15, 0.2) is 35.2 Å².